The zero-order chi connectivity index (χ0) is 52.7. The second kappa shape index (κ2) is 19.9. The van der Waals surface area contributed by atoms with Crippen molar-refractivity contribution in [1.29, 1.82) is 0 Å². The predicted octanol–water partition coefficient (Wildman–Crippen LogP) is 12.0. The first-order valence-corrected chi connectivity index (χ1v) is 28.0. The summed E-state index contributed by atoms with van der Waals surface area (Å²) in [6.45, 7) is 7.63. The van der Waals surface area contributed by atoms with Crippen LogP contribution in [0.1, 0.15) is 23.3 Å². The molecule has 0 aliphatic rings. The van der Waals surface area contributed by atoms with Crippen LogP contribution in [0.4, 0.5) is 0 Å². The minimum absolute atomic E-state index is 0.544. The van der Waals surface area contributed by atoms with Crippen molar-refractivity contribution in [3.05, 3.63) is 254 Å². The molecule has 9 aromatic carbocycles. The number of nitrogens with zero attached hydrogens (tertiary/aromatic N) is 10. The van der Waals surface area contributed by atoms with Gasteiger partial charge in [0.1, 0.15) is 23.3 Å². The highest BCUT2D eigenvalue weighted by Crippen LogP contribution is 2.41. The van der Waals surface area contributed by atoms with Gasteiger partial charge in [-0.1, -0.05) is 212 Å². The van der Waals surface area contributed by atoms with Crippen LogP contribution in [0.25, 0.3) is 95.6 Å². The van der Waals surface area contributed by atoms with Crippen LogP contribution in [0.3, 0.4) is 0 Å². The first kappa shape index (κ1) is 47.7. The first-order chi connectivity index (χ1) is 38.3. The fourth-order valence-corrected chi connectivity index (χ4v) is 15.9. The number of fused-ring (bicyclic) bond motifs is 3. The zero-order valence-corrected chi connectivity index (χ0v) is 44.4. The molecule has 11 heteroatoms. The van der Waals surface area contributed by atoms with Crippen LogP contribution in [0.5, 0.6) is 0 Å². The molecule has 0 aliphatic carbocycles. The fraction of sp³-hybridized carbons (Fsp3) is 0.0597. The Morgan fingerprint density at radius 1 is 0.269 bits per heavy atom. The van der Waals surface area contributed by atoms with Gasteiger partial charge in [0.2, 0.25) is 0 Å². The molecule has 13 aromatic rings. The number of hydrogen-bond donors (Lipinski definition) is 0. The van der Waals surface area contributed by atoms with Crippen molar-refractivity contribution in [2.75, 3.05) is 0 Å². The summed E-state index contributed by atoms with van der Waals surface area (Å²) in [5, 5.41) is 7.24. The lowest BCUT2D eigenvalue weighted by Crippen LogP contribution is -2.74. The molecule has 0 saturated heterocycles. The molecular weight excluding hydrogens is 973 g/mol. The Bertz CT molecular complexity index is 4060. The lowest BCUT2D eigenvalue weighted by molar-refractivity contribution is 0.928. The van der Waals surface area contributed by atoms with E-state index in [4.69, 9.17) is 34.9 Å². The maximum absolute atomic E-state index is 5.27. The second-order valence-electron chi connectivity index (χ2n) is 19.5. The minimum atomic E-state index is -2.96. The molecule has 0 aliphatic heterocycles. The van der Waals surface area contributed by atoms with Crippen molar-refractivity contribution in [2.45, 2.75) is 27.7 Å². The van der Waals surface area contributed by atoms with Crippen LogP contribution >= 0.6 is 0 Å². The summed E-state index contributed by atoms with van der Waals surface area (Å²) in [6.07, 6.45) is 0. The number of aryl methyl sites for hydroxylation is 4. The summed E-state index contributed by atoms with van der Waals surface area (Å²) in [5.41, 5.74) is 9.23. The van der Waals surface area contributed by atoms with Crippen LogP contribution < -0.4 is 20.7 Å². The van der Waals surface area contributed by atoms with Crippen molar-refractivity contribution in [1.82, 2.24) is 49.4 Å². The lowest BCUT2D eigenvalue weighted by Gasteiger charge is -2.34. The Balaban J connectivity index is 1.13. The molecule has 0 amide bonds. The van der Waals surface area contributed by atoms with Gasteiger partial charge in [0.25, 0.3) is 0 Å². The Morgan fingerprint density at radius 2 is 0.615 bits per heavy atom. The summed E-state index contributed by atoms with van der Waals surface area (Å²) >= 11 is 0. The third kappa shape index (κ3) is 8.71. The van der Waals surface area contributed by atoms with Gasteiger partial charge in [-0.05, 0) is 72.2 Å². The highest BCUT2D eigenvalue weighted by atomic mass is 28.3. The molecule has 0 bridgehead atoms. The quantitative estimate of drug-likeness (QED) is 0.0921. The van der Waals surface area contributed by atoms with Crippen LogP contribution in [0, 0.1) is 27.7 Å². The normalized spacial score (nSPS) is 11.6. The smallest absolute Gasteiger partial charge is 0.179 e. The Morgan fingerprint density at radius 3 is 1.05 bits per heavy atom. The van der Waals surface area contributed by atoms with Gasteiger partial charge in [0.15, 0.2) is 37.2 Å². The van der Waals surface area contributed by atoms with E-state index in [1.807, 2.05) is 88.4 Å². The van der Waals surface area contributed by atoms with Crippen molar-refractivity contribution in [3.8, 4) is 73.8 Å². The van der Waals surface area contributed by atoms with E-state index in [-0.39, 0.29) is 0 Å². The zero-order valence-electron chi connectivity index (χ0n) is 43.4. The summed E-state index contributed by atoms with van der Waals surface area (Å²) < 4.78 is 2.37. The Hall–Kier alpha value is -9.97. The fourth-order valence-electron chi connectivity index (χ4n) is 11.1. The predicted molar refractivity (Wildman–Crippen MR) is 316 cm³/mol. The number of aromatic nitrogens is 10. The molecule has 4 heterocycles. The molecule has 0 atom stereocenters. The summed E-state index contributed by atoms with van der Waals surface area (Å²) in [6, 6.07) is 82.2. The van der Waals surface area contributed by atoms with Gasteiger partial charge in [-0.2, -0.15) is 0 Å². The average Bonchev–Trinajstić information content (AvgIpc) is 3.81. The van der Waals surface area contributed by atoms with E-state index in [9.17, 15) is 0 Å². The van der Waals surface area contributed by atoms with Gasteiger partial charge in [0.05, 0.1) is 16.7 Å². The van der Waals surface area contributed by atoms with Gasteiger partial charge in [-0.25, -0.2) is 44.9 Å². The van der Waals surface area contributed by atoms with Gasteiger partial charge in [-0.3, -0.25) is 0 Å². The van der Waals surface area contributed by atoms with Gasteiger partial charge >= 0.3 is 0 Å². The van der Waals surface area contributed by atoms with Crippen LogP contribution in [0.2, 0.25) is 0 Å². The maximum atomic E-state index is 5.27. The SMILES string of the molecule is Cc1nc(C)nc(-c2ccc3c4ccc(-c5nc(C)nc(C)n5)cc4n(-c4cc(-c5nc(-c6ccccc6)nc(-c6ccccc6)n5)ccc4-c4cccc([Si](c5ccccc5)(c5ccccc5)c5ccccc5)c4)c3c2)n1. The third-order valence-corrected chi connectivity index (χ3v) is 19.2. The molecule has 78 heavy (non-hydrogen) atoms. The topological polar surface area (TPSA) is 121 Å². The van der Waals surface area contributed by atoms with E-state index in [1.165, 1.54) is 20.7 Å². The summed E-state index contributed by atoms with van der Waals surface area (Å²) in [4.78, 5) is 44.1. The summed E-state index contributed by atoms with van der Waals surface area (Å²) in [7, 11) is -2.96. The van der Waals surface area contributed by atoms with E-state index in [1.54, 1.807) is 0 Å². The molecule has 0 unspecified atom stereocenters. The molecule has 372 valence electrons. The number of hydrogen-bond acceptors (Lipinski definition) is 9. The molecular formula is C67H50N10Si. The lowest BCUT2D eigenvalue weighted by atomic mass is 10.00. The highest BCUT2D eigenvalue weighted by molar-refractivity contribution is 7.19. The van der Waals surface area contributed by atoms with Crippen LogP contribution in [0.15, 0.2) is 231 Å². The largest absolute Gasteiger partial charge is 0.309 e. The van der Waals surface area contributed by atoms with Crippen LogP contribution in [-0.2, 0) is 0 Å². The Kier molecular flexibility index (Phi) is 12.2. The molecule has 4 aromatic heterocycles. The monoisotopic (exact) mass is 1020 g/mol. The van der Waals surface area contributed by atoms with Gasteiger partial charge < -0.3 is 4.57 Å². The van der Waals surface area contributed by atoms with Crippen LogP contribution in [-0.4, -0.2) is 57.5 Å². The highest BCUT2D eigenvalue weighted by Gasteiger charge is 2.41. The molecule has 0 N–H and O–H groups in total. The van der Waals surface area contributed by atoms with Gasteiger partial charge in [0, 0.05) is 44.2 Å². The van der Waals surface area contributed by atoms with E-state index < -0.39 is 8.07 Å². The first-order valence-electron chi connectivity index (χ1n) is 26.0. The van der Waals surface area contributed by atoms with Gasteiger partial charge in [-0.15, -0.1) is 0 Å². The molecule has 0 fully saturated rings. The average molecular weight is 1020 g/mol. The second-order valence-corrected chi connectivity index (χ2v) is 23.3. The maximum Gasteiger partial charge on any atom is 0.179 e. The van der Waals surface area contributed by atoms with Crippen molar-refractivity contribution in [2.24, 2.45) is 0 Å². The standard InChI is InChI=1S/C67H50N10Si/c1-43-68-44(2)71-65(70-43)50-34-37-58-59-38-35-51(66-72-45(3)69-46(4)73-66)42-62(59)77(61(58)41-50)60-40-52(67-75-63(47-21-10-5-11-22-47)74-64(76-67)48-23-12-6-13-24-48)33-36-57(60)49-25-20-32-56(39-49)78(53-26-14-7-15-27-53,54-28-16-8-17-29-54)55-30-18-9-19-31-55/h5-42H,1-4H3. The molecule has 0 spiro atoms. The van der Waals surface area contributed by atoms with Crippen molar-refractivity contribution >= 4 is 50.6 Å². The van der Waals surface area contributed by atoms with Crippen molar-refractivity contribution in [3.63, 3.8) is 0 Å². The Labute approximate surface area is 453 Å². The van der Waals surface area contributed by atoms with E-state index in [0.717, 1.165) is 66.4 Å². The number of rotatable bonds is 11. The van der Waals surface area contributed by atoms with E-state index >= 15 is 0 Å². The molecule has 0 saturated carbocycles. The third-order valence-electron chi connectivity index (χ3n) is 14.4. The number of benzene rings is 9. The van der Waals surface area contributed by atoms with E-state index in [2.05, 4.69) is 184 Å². The molecule has 10 nitrogen and oxygen atoms in total. The summed E-state index contributed by atoms with van der Waals surface area (Å²) in [5.74, 6) is 5.54. The van der Waals surface area contributed by atoms with Crippen molar-refractivity contribution < 1.29 is 0 Å². The molecule has 0 radical (unpaired) electrons. The molecule has 13 rings (SSSR count). The minimum Gasteiger partial charge on any atom is -0.309 e. The van der Waals surface area contributed by atoms with E-state index in [0.29, 0.717) is 52.4 Å².